The zero-order valence-electron chi connectivity index (χ0n) is 14.0. The molecule has 4 nitrogen and oxygen atoms in total. The lowest BCUT2D eigenvalue weighted by atomic mass is 9.77. The van der Waals surface area contributed by atoms with Crippen molar-refractivity contribution in [2.45, 2.75) is 65.8 Å². The average Bonchev–Trinajstić information content (AvgIpc) is 2.87. The lowest BCUT2D eigenvalue weighted by Crippen LogP contribution is -2.32. The summed E-state index contributed by atoms with van der Waals surface area (Å²) in [5.74, 6) is 3.41. The molecular weight excluding hydrogens is 260 g/mol. The Morgan fingerprint density at radius 3 is 2.76 bits per heavy atom. The molecule has 2 unspecified atom stereocenters. The van der Waals surface area contributed by atoms with Gasteiger partial charge in [0, 0.05) is 13.0 Å². The Balaban J connectivity index is 1.93. The number of nitrogens with zero attached hydrogens (tertiary/aromatic N) is 3. The lowest BCUT2D eigenvalue weighted by molar-refractivity contribution is 0.223. The molecule has 0 spiro atoms. The maximum absolute atomic E-state index is 4.53. The van der Waals surface area contributed by atoms with Gasteiger partial charge in [-0.05, 0) is 50.1 Å². The van der Waals surface area contributed by atoms with Crippen LogP contribution in [0.5, 0.6) is 0 Å². The van der Waals surface area contributed by atoms with E-state index in [4.69, 9.17) is 0 Å². The van der Waals surface area contributed by atoms with Gasteiger partial charge in [0.2, 0.25) is 0 Å². The molecule has 21 heavy (non-hydrogen) atoms. The van der Waals surface area contributed by atoms with Crippen LogP contribution in [0.1, 0.15) is 58.7 Å². The number of hydrogen-bond acceptors (Lipinski definition) is 3. The van der Waals surface area contributed by atoms with Crippen LogP contribution in [0.3, 0.4) is 0 Å². The van der Waals surface area contributed by atoms with Gasteiger partial charge in [-0.1, -0.05) is 33.6 Å². The molecule has 4 heteroatoms. The molecular formula is C17H32N4. The predicted octanol–water partition coefficient (Wildman–Crippen LogP) is 3.28. The van der Waals surface area contributed by atoms with E-state index in [0.29, 0.717) is 5.92 Å². The maximum atomic E-state index is 4.53. The standard InChI is InChI=1S/C17H32N4/c1-4-9-18-11-16-8-6-5-7-15(16)10-17-19-13-20-21(17)12-14(2)3/h13-16,18H,4-12H2,1-3H3. The molecule has 120 valence electrons. The third-order valence-corrected chi connectivity index (χ3v) is 4.58. The summed E-state index contributed by atoms with van der Waals surface area (Å²) < 4.78 is 2.12. The van der Waals surface area contributed by atoms with E-state index in [2.05, 4.69) is 40.9 Å². The van der Waals surface area contributed by atoms with E-state index in [1.54, 1.807) is 6.33 Å². The Kier molecular flexibility index (Phi) is 6.68. The molecule has 0 aliphatic heterocycles. The molecule has 1 heterocycles. The highest BCUT2D eigenvalue weighted by Gasteiger charge is 2.26. The van der Waals surface area contributed by atoms with Crippen LogP contribution < -0.4 is 5.32 Å². The second kappa shape index (κ2) is 8.52. The van der Waals surface area contributed by atoms with E-state index in [9.17, 15) is 0 Å². The fraction of sp³-hybridized carbons (Fsp3) is 0.882. The molecule has 1 aliphatic carbocycles. The third-order valence-electron chi connectivity index (χ3n) is 4.58. The zero-order chi connectivity index (χ0) is 15.1. The first-order valence-electron chi connectivity index (χ1n) is 8.78. The summed E-state index contributed by atoms with van der Waals surface area (Å²) in [6, 6.07) is 0. The molecule has 1 aliphatic rings. The number of nitrogens with one attached hydrogen (secondary N) is 1. The molecule has 2 rings (SSSR count). The van der Waals surface area contributed by atoms with Crippen molar-refractivity contribution < 1.29 is 0 Å². The van der Waals surface area contributed by atoms with Gasteiger partial charge in [0.05, 0.1) is 0 Å². The van der Waals surface area contributed by atoms with Crippen LogP contribution in [0.2, 0.25) is 0 Å². The fourth-order valence-corrected chi connectivity index (χ4v) is 3.47. The van der Waals surface area contributed by atoms with Gasteiger partial charge in [0.1, 0.15) is 12.2 Å². The molecule has 0 aromatic carbocycles. The van der Waals surface area contributed by atoms with E-state index >= 15 is 0 Å². The molecule has 1 N–H and O–H groups in total. The van der Waals surface area contributed by atoms with Gasteiger partial charge in [-0.25, -0.2) is 9.67 Å². The molecule has 0 amide bonds. The molecule has 1 saturated carbocycles. The minimum atomic E-state index is 0.624. The lowest BCUT2D eigenvalue weighted by Gasteiger charge is -2.31. The predicted molar refractivity (Wildman–Crippen MR) is 87.2 cm³/mol. The third kappa shape index (κ3) is 5.10. The summed E-state index contributed by atoms with van der Waals surface area (Å²) in [7, 11) is 0. The van der Waals surface area contributed by atoms with E-state index in [0.717, 1.165) is 31.3 Å². The highest BCUT2D eigenvalue weighted by molar-refractivity contribution is 4.91. The van der Waals surface area contributed by atoms with Crippen LogP contribution in [0.15, 0.2) is 6.33 Å². The van der Waals surface area contributed by atoms with Gasteiger partial charge >= 0.3 is 0 Å². The van der Waals surface area contributed by atoms with Crippen molar-refractivity contribution in [3.05, 3.63) is 12.2 Å². The maximum Gasteiger partial charge on any atom is 0.138 e. The normalized spacial score (nSPS) is 22.9. The number of rotatable bonds is 8. The Hall–Kier alpha value is -0.900. The zero-order valence-corrected chi connectivity index (χ0v) is 14.0. The van der Waals surface area contributed by atoms with Gasteiger partial charge in [0.25, 0.3) is 0 Å². The first kappa shape index (κ1) is 16.5. The monoisotopic (exact) mass is 292 g/mol. The average molecular weight is 292 g/mol. The van der Waals surface area contributed by atoms with Crippen molar-refractivity contribution in [3.63, 3.8) is 0 Å². The second-order valence-corrected chi connectivity index (χ2v) is 6.97. The highest BCUT2D eigenvalue weighted by atomic mass is 15.3. The van der Waals surface area contributed by atoms with Gasteiger partial charge < -0.3 is 5.32 Å². The number of aromatic nitrogens is 3. The first-order chi connectivity index (χ1) is 10.2. The summed E-state index contributed by atoms with van der Waals surface area (Å²) in [5.41, 5.74) is 0. The molecule has 0 radical (unpaired) electrons. The summed E-state index contributed by atoms with van der Waals surface area (Å²) in [6.45, 7) is 10.0. The van der Waals surface area contributed by atoms with E-state index < -0.39 is 0 Å². The molecule has 1 fully saturated rings. The van der Waals surface area contributed by atoms with Crippen molar-refractivity contribution in [1.29, 1.82) is 0 Å². The van der Waals surface area contributed by atoms with Gasteiger partial charge in [-0.3, -0.25) is 0 Å². The molecule has 1 aromatic heterocycles. The van der Waals surface area contributed by atoms with E-state index in [1.807, 2.05) is 0 Å². The van der Waals surface area contributed by atoms with Crippen LogP contribution in [-0.4, -0.2) is 27.9 Å². The summed E-state index contributed by atoms with van der Waals surface area (Å²) in [5, 5.41) is 8.03. The summed E-state index contributed by atoms with van der Waals surface area (Å²) in [4.78, 5) is 4.53. The Morgan fingerprint density at radius 2 is 2.05 bits per heavy atom. The molecule has 0 saturated heterocycles. The van der Waals surface area contributed by atoms with Crippen molar-refractivity contribution in [2.24, 2.45) is 17.8 Å². The van der Waals surface area contributed by atoms with Gasteiger partial charge in [-0.15, -0.1) is 0 Å². The van der Waals surface area contributed by atoms with Crippen molar-refractivity contribution in [1.82, 2.24) is 20.1 Å². The minimum Gasteiger partial charge on any atom is -0.316 e. The van der Waals surface area contributed by atoms with Crippen LogP contribution in [0.4, 0.5) is 0 Å². The summed E-state index contributed by atoms with van der Waals surface area (Å²) >= 11 is 0. The van der Waals surface area contributed by atoms with Crippen LogP contribution >= 0.6 is 0 Å². The van der Waals surface area contributed by atoms with Crippen LogP contribution in [0, 0.1) is 17.8 Å². The van der Waals surface area contributed by atoms with E-state index in [-0.39, 0.29) is 0 Å². The molecule has 0 bridgehead atoms. The van der Waals surface area contributed by atoms with Crippen LogP contribution in [0.25, 0.3) is 0 Å². The first-order valence-corrected chi connectivity index (χ1v) is 8.78. The molecule has 2 atom stereocenters. The topological polar surface area (TPSA) is 42.7 Å². The van der Waals surface area contributed by atoms with Gasteiger partial charge in [0.15, 0.2) is 0 Å². The largest absolute Gasteiger partial charge is 0.316 e. The van der Waals surface area contributed by atoms with Crippen molar-refractivity contribution in [3.8, 4) is 0 Å². The second-order valence-electron chi connectivity index (χ2n) is 6.97. The summed E-state index contributed by atoms with van der Waals surface area (Å²) in [6.07, 6.45) is 9.56. The Labute approximate surface area is 129 Å². The van der Waals surface area contributed by atoms with Gasteiger partial charge in [-0.2, -0.15) is 5.10 Å². The van der Waals surface area contributed by atoms with Crippen molar-refractivity contribution in [2.75, 3.05) is 13.1 Å². The SMILES string of the molecule is CCCNCC1CCCCC1Cc1ncnn1CC(C)C. The fourth-order valence-electron chi connectivity index (χ4n) is 3.47. The van der Waals surface area contributed by atoms with Crippen molar-refractivity contribution >= 4 is 0 Å². The highest BCUT2D eigenvalue weighted by Crippen LogP contribution is 2.31. The minimum absolute atomic E-state index is 0.624. The Bertz CT molecular complexity index is 399. The smallest absolute Gasteiger partial charge is 0.138 e. The quantitative estimate of drug-likeness (QED) is 0.748. The molecule has 1 aromatic rings. The number of hydrogen-bond donors (Lipinski definition) is 1. The van der Waals surface area contributed by atoms with E-state index in [1.165, 1.54) is 44.5 Å². The Morgan fingerprint density at radius 1 is 1.29 bits per heavy atom. The van der Waals surface area contributed by atoms with Crippen LogP contribution in [-0.2, 0) is 13.0 Å².